The lowest BCUT2D eigenvalue weighted by Crippen LogP contribution is -2.43. The standard InChI is InChI=1S/C15H20N4O/c16-10-13-8-4-5-9-19(13)11-14-17-15(20-18-14)12-6-2-1-3-7-12/h1-3,6-7,13H,4-5,8-11,16H2. The van der Waals surface area contributed by atoms with E-state index >= 15 is 0 Å². The third-order valence-corrected chi connectivity index (χ3v) is 3.85. The van der Waals surface area contributed by atoms with Crippen molar-refractivity contribution in [3.8, 4) is 11.5 Å². The van der Waals surface area contributed by atoms with Gasteiger partial charge < -0.3 is 10.3 Å². The second-order valence-electron chi connectivity index (χ2n) is 5.24. The minimum Gasteiger partial charge on any atom is -0.334 e. The van der Waals surface area contributed by atoms with Crippen LogP contribution in [0.25, 0.3) is 11.5 Å². The Bertz CT molecular complexity index is 540. The van der Waals surface area contributed by atoms with Gasteiger partial charge in [-0.1, -0.05) is 29.8 Å². The Morgan fingerprint density at radius 1 is 1.25 bits per heavy atom. The van der Waals surface area contributed by atoms with Crippen molar-refractivity contribution in [3.05, 3.63) is 36.2 Å². The fourth-order valence-corrected chi connectivity index (χ4v) is 2.73. The van der Waals surface area contributed by atoms with Gasteiger partial charge in [-0.05, 0) is 31.5 Å². The van der Waals surface area contributed by atoms with E-state index in [-0.39, 0.29) is 0 Å². The van der Waals surface area contributed by atoms with Crippen molar-refractivity contribution in [1.29, 1.82) is 0 Å². The molecule has 0 saturated carbocycles. The van der Waals surface area contributed by atoms with Crippen molar-refractivity contribution in [2.75, 3.05) is 13.1 Å². The van der Waals surface area contributed by atoms with Crippen LogP contribution in [0.2, 0.25) is 0 Å². The van der Waals surface area contributed by atoms with Crippen LogP contribution in [0.1, 0.15) is 25.1 Å². The molecule has 1 atom stereocenters. The van der Waals surface area contributed by atoms with Crippen LogP contribution < -0.4 is 5.73 Å². The lowest BCUT2D eigenvalue weighted by atomic mass is 10.0. The molecule has 106 valence electrons. The fraction of sp³-hybridized carbons (Fsp3) is 0.467. The van der Waals surface area contributed by atoms with Gasteiger partial charge in [-0.25, -0.2) is 0 Å². The van der Waals surface area contributed by atoms with E-state index in [1.807, 2.05) is 30.3 Å². The number of aromatic nitrogens is 2. The van der Waals surface area contributed by atoms with Gasteiger partial charge >= 0.3 is 0 Å². The first-order valence-corrected chi connectivity index (χ1v) is 7.19. The van der Waals surface area contributed by atoms with Crippen molar-refractivity contribution in [3.63, 3.8) is 0 Å². The summed E-state index contributed by atoms with van der Waals surface area (Å²) in [6.07, 6.45) is 3.65. The summed E-state index contributed by atoms with van der Waals surface area (Å²) in [5, 5.41) is 4.09. The van der Waals surface area contributed by atoms with E-state index < -0.39 is 0 Å². The molecule has 2 aromatic rings. The SMILES string of the molecule is NCC1CCCCN1Cc1noc(-c2ccccc2)n1. The summed E-state index contributed by atoms with van der Waals surface area (Å²) in [5.41, 5.74) is 6.80. The second-order valence-corrected chi connectivity index (χ2v) is 5.24. The van der Waals surface area contributed by atoms with Crippen molar-refractivity contribution in [1.82, 2.24) is 15.0 Å². The molecule has 0 radical (unpaired) electrons. The molecular formula is C15H20N4O. The third-order valence-electron chi connectivity index (χ3n) is 3.85. The summed E-state index contributed by atoms with van der Waals surface area (Å²) in [6, 6.07) is 10.3. The summed E-state index contributed by atoms with van der Waals surface area (Å²) in [5.74, 6) is 1.33. The highest BCUT2D eigenvalue weighted by atomic mass is 16.5. The lowest BCUT2D eigenvalue weighted by Gasteiger charge is -2.33. The molecule has 2 heterocycles. The van der Waals surface area contributed by atoms with Gasteiger partial charge in [-0.15, -0.1) is 0 Å². The van der Waals surface area contributed by atoms with Gasteiger partial charge in [0.2, 0.25) is 0 Å². The molecular weight excluding hydrogens is 252 g/mol. The molecule has 3 rings (SSSR count). The van der Waals surface area contributed by atoms with E-state index in [9.17, 15) is 0 Å². The quantitative estimate of drug-likeness (QED) is 0.922. The summed E-state index contributed by atoms with van der Waals surface area (Å²) < 4.78 is 5.34. The zero-order chi connectivity index (χ0) is 13.8. The molecule has 1 aromatic heterocycles. The molecule has 0 amide bonds. The van der Waals surface area contributed by atoms with Crippen LogP contribution >= 0.6 is 0 Å². The molecule has 0 aliphatic carbocycles. The topological polar surface area (TPSA) is 68.2 Å². The van der Waals surface area contributed by atoms with Gasteiger partial charge in [0.25, 0.3) is 5.89 Å². The average molecular weight is 272 g/mol. The Balaban J connectivity index is 1.71. The highest BCUT2D eigenvalue weighted by molar-refractivity contribution is 5.51. The minimum atomic E-state index is 0.447. The Labute approximate surface area is 118 Å². The second kappa shape index (κ2) is 6.15. The zero-order valence-corrected chi connectivity index (χ0v) is 11.5. The Hall–Kier alpha value is -1.72. The molecule has 0 spiro atoms. The van der Waals surface area contributed by atoms with Gasteiger partial charge in [-0.2, -0.15) is 4.98 Å². The Kier molecular flexibility index (Phi) is 4.08. The van der Waals surface area contributed by atoms with Crippen LogP contribution in [0.4, 0.5) is 0 Å². The maximum absolute atomic E-state index is 5.84. The maximum Gasteiger partial charge on any atom is 0.257 e. The normalized spacial score (nSPS) is 20.1. The zero-order valence-electron chi connectivity index (χ0n) is 11.5. The van der Waals surface area contributed by atoms with Crippen LogP contribution in [-0.2, 0) is 6.54 Å². The average Bonchev–Trinajstić information content (AvgIpc) is 2.97. The predicted octanol–water partition coefficient (Wildman–Crippen LogP) is 2.05. The summed E-state index contributed by atoms with van der Waals surface area (Å²) in [4.78, 5) is 6.85. The molecule has 1 aromatic carbocycles. The van der Waals surface area contributed by atoms with Gasteiger partial charge in [-0.3, -0.25) is 4.90 Å². The number of hydrogen-bond donors (Lipinski definition) is 1. The number of rotatable bonds is 4. The number of likely N-dealkylation sites (tertiary alicyclic amines) is 1. The van der Waals surface area contributed by atoms with Gasteiger partial charge in [0, 0.05) is 18.2 Å². The predicted molar refractivity (Wildman–Crippen MR) is 76.8 cm³/mol. The van der Waals surface area contributed by atoms with E-state index in [0.29, 0.717) is 18.5 Å². The van der Waals surface area contributed by atoms with Gasteiger partial charge in [0.15, 0.2) is 5.82 Å². The number of piperidine rings is 1. The largest absolute Gasteiger partial charge is 0.334 e. The first kappa shape index (κ1) is 13.3. The number of benzene rings is 1. The van der Waals surface area contributed by atoms with Crippen molar-refractivity contribution < 1.29 is 4.52 Å². The number of nitrogens with two attached hydrogens (primary N) is 1. The van der Waals surface area contributed by atoms with Crippen LogP contribution in [0.15, 0.2) is 34.9 Å². The van der Waals surface area contributed by atoms with E-state index in [2.05, 4.69) is 15.0 Å². The van der Waals surface area contributed by atoms with Crippen LogP contribution in [0.3, 0.4) is 0 Å². The molecule has 1 unspecified atom stereocenters. The highest BCUT2D eigenvalue weighted by Gasteiger charge is 2.22. The highest BCUT2D eigenvalue weighted by Crippen LogP contribution is 2.20. The molecule has 20 heavy (non-hydrogen) atoms. The third kappa shape index (κ3) is 2.89. The molecule has 2 N–H and O–H groups in total. The van der Waals surface area contributed by atoms with E-state index in [4.69, 9.17) is 10.3 Å². The molecule has 1 aliphatic rings. The van der Waals surface area contributed by atoms with E-state index in [1.165, 1.54) is 19.3 Å². The molecule has 0 bridgehead atoms. The first-order chi connectivity index (χ1) is 9.86. The summed E-state index contributed by atoms with van der Waals surface area (Å²) in [7, 11) is 0. The molecule has 1 aliphatic heterocycles. The van der Waals surface area contributed by atoms with Crippen molar-refractivity contribution in [2.45, 2.75) is 31.8 Å². The summed E-state index contributed by atoms with van der Waals surface area (Å²) >= 11 is 0. The molecule has 1 fully saturated rings. The van der Waals surface area contributed by atoms with E-state index in [1.54, 1.807) is 0 Å². The number of hydrogen-bond acceptors (Lipinski definition) is 5. The van der Waals surface area contributed by atoms with E-state index in [0.717, 1.165) is 24.5 Å². The smallest absolute Gasteiger partial charge is 0.257 e. The fourth-order valence-electron chi connectivity index (χ4n) is 2.73. The first-order valence-electron chi connectivity index (χ1n) is 7.19. The van der Waals surface area contributed by atoms with Crippen molar-refractivity contribution >= 4 is 0 Å². The van der Waals surface area contributed by atoms with Gasteiger partial charge in [0.05, 0.1) is 6.54 Å². The monoisotopic (exact) mass is 272 g/mol. The van der Waals surface area contributed by atoms with Gasteiger partial charge in [0.1, 0.15) is 0 Å². The van der Waals surface area contributed by atoms with Crippen LogP contribution in [0.5, 0.6) is 0 Å². The number of nitrogens with zero attached hydrogens (tertiary/aromatic N) is 3. The van der Waals surface area contributed by atoms with Crippen LogP contribution in [0, 0.1) is 0 Å². The minimum absolute atomic E-state index is 0.447. The van der Waals surface area contributed by atoms with Crippen molar-refractivity contribution in [2.24, 2.45) is 5.73 Å². The Morgan fingerprint density at radius 2 is 2.10 bits per heavy atom. The molecule has 1 saturated heterocycles. The lowest BCUT2D eigenvalue weighted by molar-refractivity contribution is 0.140. The Morgan fingerprint density at radius 3 is 2.90 bits per heavy atom. The molecule has 5 nitrogen and oxygen atoms in total. The van der Waals surface area contributed by atoms with Crippen LogP contribution in [-0.4, -0.2) is 34.2 Å². The summed E-state index contributed by atoms with van der Waals surface area (Å²) in [6.45, 7) is 2.48. The maximum atomic E-state index is 5.84. The molecule has 5 heteroatoms.